The fourth-order valence-electron chi connectivity index (χ4n) is 3.29. The molecule has 0 radical (unpaired) electrons. The Kier molecular flexibility index (Phi) is 6.92. The van der Waals surface area contributed by atoms with E-state index in [1.807, 2.05) is 38.1 Å². The molecule has 0 spiro atoms. The Morgan fingerprint density at radius 2 is 1.84 bits per heavy atom. The number of carbonyl (C=O) groups is 1. The molecule has 0 bridgehead atoms. The first-order chi connectivity index (χ1) is 14.7. The highest BCUT2D eigenvalue weighted by molar-refractivity contribution is 7.89. The molecule has 2 N–H and O–H groups in total. The van der Waals surface area contributed by atoms with Crippen molar-refractivity contribution in [1.82, 2.24) is 19.8 Å². The second-order valence-electron chi connectivity index (χ2n) is 7.71. The van der Waals surface area contributed by atoms with E-state index in [0.29, 0.717) is 17.5 Å². The highest BCUT2D eigenvalue weighted by atomic mass is 32.2. The summed E-state index contributed by atoms with van der Waals surface area (Å²) in [5.41, 5.74) is 4.08. The zero-order chi connectivity index (χ0) is 22.6. The second-order valence-corrected chi connectivity index (χ2v) is 9.43. The number of amides is 1. The molecule has 1 aromatic heterocycles. The number of benzene rings is 2. The molecule has 0 aliphatic rings. The summed E-state index contributed by atoms with van der Waals surface area (Å²) in [6, 6.07) is 14.3. The molecule has 0 fully saturated rings. The van der Waals surface area contributed by atoms with Crippen LogP contribution in [0.5, 0.6) is 0 Å². The molecule has 0 aliphatic heterocycles. The van der Waals surface area contributed by atoms with Crippen LogP contribution in [0.25, 0.3) is 5.69 Å². The van der Waals surface area contributed by atoms with Gasteiger partial charge in [0.25, 0.3) is 5.91 Å². The summed E-state index contributed by atoms with van der Waals surface area (Å²) in [6.07, 6.45) is 2.21. The molecular formula is C23H28N4O3S. The number of nitrogens with one attached hydrogen (secondary N) is 2. The van der Waals surface area contributed by atoms with Crippen LogP contribution in [0.4, 0.5) is 0 Å². The fraction of sp³-hybridized carbons (Fsp3) is 0.304. The lowest BCUT2D eigenvalue weighted by Gasteiger charge is -2.11. The molecule has 31 heavy (non-hydrogen) atoms. The molecular weight excluding hydrogens is 412 g/mol. The van der Waals surface area contributed by atoms with Crippen molar-refractivity contribution in [3.63, 3.8) is 0 Å². The van der Waals surface area contributed by atoms with Crippen LogP contribution in [0.3, 0.4) is 0 Å². The second kappa shape index (κ2) is 9.45. The zero-order valence-corrected chi connectivity index (χ0v) is 19.0. The van der Waals surface area contributed by atoms with Gasteiger partial charge in [0.2, 0.25) is 10.0 Å². The van der Waals surface area contributed by atoms with E-state index in [4.69, 9.17) is 0 Å². The summed E-state index contributed by atoms with van der Waals surface area (Å²) in [7, 11) is -3.59. The van der Waals surface area contributed by atoms with Gasteiger partial charge in [-0.05, 0) is 57.0 Å². The standard InChI is InChI=1S/C23H28N4O3S/c1-5-22-21(15-25-27(22)19-11-9-17(4)10-12-19)23(28)24-14-18-7-6-8-20(13-18)31(29,30)26-16(2)3/h6-13,15-16,26H,5,14H2,1-4H3,(H,24,28). The first-order valence-electron chi connectivity index (χ1n) is 10.2. The van der Waals surface area contributed by atoms with E-state index in [2.05, 4.69) is 15.1 Å². The van der Waals surface area contributed by atoms with Gasteiger partial charge in [-0.25, -0.2) is 17.8 Å². The Bertz CT molecular complexity index is 1170. The lowest BCUT2D eigenvalue weighted by molar-refractivity contribution is 0.0950. The number of hydrogen-bond acceptors (Lipinski definition) is 4. The lowest BCUT2D eigenvalue weighted by Crippen LogP contribution is -2.30. The molecule has 0 unspecified atom stereocenters. The number of rotatable bonds is 8. The van der Waals surface area contributed by atoms with Crippen molar-refractivity contribution < 1.29 is 13.2 Å². The van der Waals surface area contributed by atoms with Crippen molar-refractivity contribution in [2.75, 3.05) is 0 Å². The number of sulfonamides is 1. The highest BCUT2D eigenvalue weighted by Crippen LogP contribution is 2.17. The lowest BCUT2D eigenvalue weighted by atomic mass is 10.1. The Hall–Kier alpha value is -2.97. The van der Waals surface area contributed by atoms with Crippen molar-refractivity contribution in [3.8, 4) is 5.69 Å². The van der Waals surface area contributed by atoms with E-state index < -0.39 is 10.0 Å². The van der Waals surface area contributed by atoms with Gasteiger partial charge in [-0.15, -0.1) is 0 Å². The van der Waals surface area contributed by atoms with Gasteiger partial charge in [0.1, 0.15) is 0 Å². The maximum Gasteiger partial charge on any atom is 0.255 e. The number of carbonyl (C=O) groups excluding carboxylic acids is 1. The van der Waals surface area contributed by atoms with Crippen LogP contribution in [0, 0.1) is 6.92 Å². The maximum atomic E-state index is 12.8. The molecule has 1 amide bonds. The van der Waals surface area contributed by atoms with Gasteiger partial charge in [0, 0.05) is 12.6 Å². The van der Waals surface area contributed by atoms with Crippen molar-refractivity contribution in [3.05, 3.63) is 77.1 Å². The van der Waals surface area contributed by atoms with Crippen LogP contribution >= 0.6 is 0 Å². The average molecular weight is 441 g/mol. The van der Waals surface area contributed by atoms with Gasteiger partial charge in [0.15, 0.2) is 0 Å². The van der Waals surface area contributed by atoms with Gasteiger partial charge >= 0.3 is 0 Å². The molecule has 1 heterocycles. The van der Waals surface area contributed by atoms with Crippen LogP contribution in [-0.2, 0) is 23.0 Å². The van der Waals surface area contributed by atoms with Gasteiger partial charge in [-0.1, -0.05) is 36.8 Å². The predicted octanol–water partition coefficient (Wildman–Crippen LogP) is 3.36. The van der Waals surface area contributed by atoms with Gasteiger partial charge < -0.3 is 5.32 Å². The van der Waals surface area contributed by atoms with Crippen LogP contribution in [-0.4, -0.2) is 30.1 Å². The van der Waals surface area contributed by atoms with Crippen LogP contribution in [0.2, 0.25) is 0 Å². The number of aryl methyl sites for hydroxylation is 1. The van der Waals surface area contributed by atoms with E-state index in [-0.39, 0.29) is 23.4 Å². The minimum atomic E-state index is -3.59. The molecule has 0 aliphatic carbocycles. The molecule has 2 aromatic carbocycles. The molecule has 0 saturated heterocycles. The molecule has 8 heteroatoms. The van der Waals surface area contributed by atoms with Crippen molar-refractivity contribution >= 4 is 15.9 Å². The monoisotopic (exact) mass is 440 g/mol. The zero-order valence-electron chi connectivity index (χ0n) is 18.2. The van der Waals surface area contributed by atoms with Crippen LogP contribution in [0.15, 0.2) is 59.6 Å². The normalized spacial score (nSPS) is 11.6. The minimum Gasteiger partial charge on any atom is -0.348 e. The Morgan fingerprint density at radius 1 is 1.13 bits per heavy atom. The van der Waals surface area contributed by atoms with Crippen LogP contribution in [0.1, 0.15) is 48.0 Å². The molecule has 0 saturated carbocycles. The smallest absolute Gasteiger partial charge is 0.255 e. The predicted molar refractivity (Wildman–Crippen MR) is 121 cm³/mol. The SMILES string of the molecule is CCc1c(C(=O)NCc2cccc(S(=O)(=O)NC(C)C)c2)cnn1-c1ccc(C)cc1. The number of aromatic nitrogens is 2. The van der Waals surface area contributed by atoms with Gasteiger partial charge in [-0.2, -0.15) is 5.10 Å². The topological polar surface area (TPSA) is 93.1 Å². The average Bonchev–Trinajstić information content (AvgIpc) is 3.16. The summed E-state index contributed by atoms with van der Waals surface area (Å²) < 4.78 is 29.1. The molecule has 7 nitrogen and oxygen atoms in total. The third-order valence-electron chi connectivity index (χ3n) is 4.78. The van der Waals surface area contributed by atoms with E-state index in [9.17, 15) is 13.2 Å². The number of hydrogen-bond donors (Lipinski definition) is 2. The maximum absolute atomic E-state index is 12.8. The minimum absolute atomic E-state index is 0.175. The fourth-order valence-corrected chi connectivity index (χ4v) is 4.61. The van der Waals surface area contributed by atoms with Gasteiger partial charge in [0.05, 0.1) is 28.0 Å². The Morgan fingerprint density at radius 3 is 2.48 bits per heavy atom. The first-order valence-corrected chi connectivity index (χ1v) is 11.7. The van der Waals surface area contributed by atoms with E-state index in [1.54, 1.807) is 42.9 Å². The molecule has 164 valence electrons. The van der Waals surface area contributed by atoms with Crippen molar-refractivity contribution in [2.24, 2.45) is 0 Å². The quantitative estimate of drug-likeness (QED) is 0.562. The first kappa shape index (κ1) is 22.7. The molecule has 3 aromatic rings. The summed E-state index contributed by atoms with van der Waals surface area (Å²) in [5, 5.41) is 7.28. The third-order valence-corrected chi connectivity index (χ3v) is 6.44. The number of nitrogens with zero attached hydrogens (tertiary/aromatic N) is 2. The van der Waals surface area contributed by atoms with Gasteiger partial charge in [-0.3, -0.25) is 4.79 Å². The van der Waals surface area contributed by atoms with Crippen molar-refractivity contribution in [1.29, 1.82) is 0 Å². The van der Waals surface area contributed by atoms with Crippen molar-refractivity contribution in [2.45, 2.75) is 51.6 Å². The largest absolute Gasteiger partial charge is 0.348 e. The summed E-state index contributed by atoms with van der Waals surface area (Å²) >= 11 is 0. The van der Waals surface area contributed by atoms with E-state index in [0.717, 1.165) is 16.9 Å². The van der Waals surface area contributed by atoms with E-state index in [1.165, 1.54) is 6.07 Å². The summed E-state index contributed by atoms with van der Waals surface area (Å²) in [6.45, 7) is 7.75. The Balaban J connectivity index is 1.76. The van der Waals surface area contributed by atoms with E-state index >= 15 is 0 Å². The Labute approximate surface area is 183 Å². The van der Waals surface area contributed by atoms with Crippen LogP contribution < -0.4 is 10.0 Å². The third kappa shape index (κ3) is 5.39. The molecule has 0 atom stereocenters. The highest BCUT2D eigenvalue weighted by Gasteiger charge is 2.18. The summed E-state index contributed by atoms with van der Waals surface area (Å²) in [5.74, 6) is -0.247. The summed E-state index contributed by atoms with van der Waals surface area (Å²) in [4.78, 5) is 13.0. The molecule has 3 rings (SSSR count).